The minimum atomic E-state index is -0.925. The number of nitrogens with one attached hydrogen (secondary N) is 2. The molecule has 14 nitrogen and oxygen atoms in total. The first kappa shape index (κ1) is 55.3. The van der Waals surface area contributed by atoms with Crippen LogP contribution in [0.3, 0.4) is 0 Å². The largest absolute Gasteiger partial charge is 0.478 e. The summed E-state index contributed by atoms with van der Waals surface area (Å²) in [5.41, 5.74) is 16.5. The fraction of sp³-hybridized carbons (Fsp3) is 0.508. The Kier molecular flexibility index (Phi) is 20.5. The summed E-state index contributed by atoms with van der Waals surface area (Å²) >= 11 is 0. The molecule has 0 unspecified atom stereocenters. The van der Waals surface area contributed by atoms with Crippen molar-refractivity contribution >= 4 is 44.9 Å². The summed E-state index contributed by atoms with van der Waals surface area (Å²) in [6.45, 7) is 17.6. The summed E-state index contributed by atoms with van der Waals surface area (Å²) in [6, 6.07) is 19.6. The molecule has 0 bridgehead atoms. The number of aromatic carboxylic acids is 1. The van der Waals surface area contributed by atoms with E-state index >= 15 is 0 Å². The molecule has 4 fully saturated rings. The molecule has 0 atom stereocenters. The van der Waals surface area contributed by atoms with Crippen molar-refractivity contribution < 1.29 is 14.7 Å². The number of hydrogen-bond acceptors (Lipinski definition) is 13. The monoisotopic (exact) mass is 1020 g/mol. The zero-order valence-corrected chi connectivity index (χ0v) is 45.3. The summed E-state index contributed by atoms with van der Waals surface area (Å²) in [5, 5.41) is 18.5. The first-order valence-electron chi connectivity index (χ1n) is 28.0. The summed E-state index contributed by atoms with van der Waals surface area (Å²) in [7, 11) is 4.30. The number of fused-ring (bicyclic) bond motifs is 2. The summed E-state index contributed by atoms with van der Waals surface area (Å²) in [4.78, 5) is 52.5. The zero-order chi connectivity index (χ0) is 52.5. The predicted octanol–water partition coefficient (Wildman–Crippen LogP) is 10.4. The second kappa shape index (κ2) is 27.8. The Morgan fingerprint density at radius 2 is 1.01 bits per heavy atom. The summed E-state index contributed by atoms with van der Waals surface area (Å²) in [5.74, 6) is -0.165. The van der Waals surface area contributed by atoms with Crippen LogP contribution in [-0.2, 0) is 0 Å². The van der Waals surface area contributed by atoms with Gasteiger partial charge < -0.3 is 41.1 Å². The molecular weight excluding hydrogens is 935 g/mol. The third-order valence-corrected chi connectivity index (χ3v) is 15.6. The van der Waals surface area contributed by atoms with Gasteiger partial charge in [-0.05, 0) is 199 Å². The van der Waals surface area contributed by atoms with E-state index in [0.29, 0.717) is 18.4 Å². The summed E-state index contributed by atoms with van der Waals surface area (Å²) < 4.78 is 0. The maximum absolute atomic E-state index is 12.9. The lowest BCUT2D eigenvalue weighted by atomic mass is 9.90. The Morgan fingerprint density at radius 1 is 0.587 bits per heavy atom. The minimum absolute atomic E-state index is 0.255. The van der Waals surface area contributed by atoms with Crippen LogP contribution in [0.25, 0.3) is 44.3 Å². The van der Waals surface area contributed by atoms with Gasteiger partial charge in [0.15, 0.2) is 5.78 Å². The number of rotatable bonds is 16. The number of nitrogens with two attached hydrogens (primary N) is 1. The van der Waals surface area contributed by atoms with Crippen LogP contribution in [0.1, 0.15) is 115 Å². The number of hydrogen-bond donors (Lipinski definition) is 4. The van der Waals surface area contributed by atoms with E-state index in [4.69, 9.17) is 20.8 Å². The molecule has 75 heavy (non-hydrogen) atoms. The Balaban J connectivity index is 0.000000176. The van der Waals surface area contributed by atoms with Gasteiger partial charge in [0, 0.05) is 89.2 Å². The Morgan fingerprint density at radius 3 is 1.44 bits per heavy atom. The van der Waals surface area contributed by atoms with E-state index in [1.807, 2.05) is 74.2 Å². The second-order valence-electron chi connectivity index (χ2n) is 21.7. The molecule has 400 valence electrons. The van der Waals surface area contributed by atoms with E-state index in [9.17, 15) is 9.59 Å². The van der Waals surface area contributed by atoms with Gasteiger partial charge in [-0.1, -0.05) is 49.2 Å². The molecule has 0 aliphatic carbocycles. The van der Waals surface area contributed by atoms with Crippen LogP contribution in [-0.4, -0.2) is 155 Å². The van der Waals surface area contributed by atoms with Crippen molar-refractivity contribution in [3.05, 3.63) is 108 Å². The van der Waals surface area contributed by atoms with Crippen molar-refractivity contribution in [2.24, 2.45) is 11.7 Å². The van der Waals surface area contributed by atoms with Gasteiger partial charge in [0.1, 0.15) is 0 Å². The molecule has 0 radical (unpaired) electrons. The average molecular weight is 1020 g/mol. The van der Waals surface area contributed by atoms with Gasteiger partial charge in [-0.15, -0.1) is 0 Å². The van der Waals surface area contributed by atoms with Crippen molar-refractivity contribution in [1.82, 2.24) is 39.5 Å². The number of nitrogens with zero attached hydrogens (tertiary/aromatic N) is 8. The number of Topliss-reactive ketones (excluding diaryl/α,β-unsaturated/α-hetero) is 1. The molecule has 0 amide bonds. The van der Waals surface area contributed by atoms with E-state index in [2.05, 4.69) is 67.3 Å². The first-order valence-corrected chi connectivity index (χ1v) is 28.0. The van der Waals surface area contributed by atoms with Gasteiger partial charge >= 0.3 is 5.97 Å². The molecule has 4 aromatic heterocycles. The molecule has 2 aromatic carbocycles. The number of aromatic nitrogens is 4. The van der Waals surface area contributed by atoms with Crippen LogP contribution in [0.5, 0.6) is 0 Å². The van der Waals surface area contributed by atoms with Gasteiger partial charge in [-0.25, -0.2) is 14.8 Å². The SMILES string of the molecule is CN1CCC(N)CC1.Cc1cncc2c(NCCCN3CCCCC3)cc(-c3ccc(C(=O)CC4CCN(C)CC4)cc3)nc12.Cc1cncc2c(NCCCN3CCCCC3)cc(-c3ccc(C(=O)O)cc3)nc12. The number of aryl methyl sites for hydroxylation is 2. The van der Waals surface area contributed by atoms with Crippen molar-refractivity contribution in [3.63, 3.8) is 0 Å². The topological polar surface area (TPSA) is 169 Å². The lowest BCUT2D eigenvalue weighted by Gasteiger charge is -2.28. The highest BCUT2D eigenvalue weighted by atomic mass is 16.4. The number of anilines is 2. The van der Waals surface area contributed by atoms with Gasteiger partial charge in [0.2, 0.25) is 0 Å². The molecule has 14 heteroatoms. The summed E-state index contributed by atoms with van der Waals surface area (Å²) in [6.07, 6.45) is 23.0. The van der Waals surface area contributed by atoms with Gasteiger partial charge in [-0.2, -0.15) is 0 Å². The third-order valence-electron chi connectivity index (χ3n) is 15.6. The van der Waals surface area contributed by atoms with Crippen LogP contribution >= 0.6 is 0 Å². The van der Waals surface area contributed by atoms with Crippen molar-refractivity contribution in [2.75, 3.05) is 103 Å². The number of likely N-dealkylation sites (tertiary alicyclic amines) is 4. The standard InChI is InChI=1S/C31H41N5O.C24H28N4O2.C6H14N2/c1-23-21-32-22-27-29(33-13-6-16-36-14-4-3-5-15-36)20-28(34-31(23)27)25-7-9-26(10-8-25)30(37)19-24-11-17-35(2)18-12-24;1-17-15-25-16-20-22(26-10-5-13-28-11-3-2-4-12-28)14-21(27-23(17)20)18-6-8-19(9-7-18)24(29)30;1-8-4-2-6(7)3-5-8/h7-10,20-22,24H,3-6,11-19H2,1-2H3,(H,33,34);6-9,14-16H,2-5,10-13H2,1H3,(H,26,27)(H,29,30);6H,2-5,7H2,1H3. The highest BCUT2D eigenvalue weighted by Crippen LogP contribution is 2.32. The minimum Gasteiger partial charge on any atom is -0.478 e. The number of carboxylic acid groups (broad SMARTS) is 1. The van der Waals surface area contributed by atoms with Crippen LogP contribution in [0.2, 0.25) is 0 Å². The van der Waals surface area contributed by atoms with Gasteiger partial charge in [-0.3, -0.25) is 14.8 Å². The Labute approximate surface area is 445 Å². The van der Waals surface area contributed by atoms with Crippen LogP contribution in [0.4, 0.5) is 11.4 Å². The Hall–Kier alpha value is -5.90. The molecule has 4 aliphatic heterocycles. The Bertz CT molecular complexity index is 2750. The maximum atomic E-state index is 12.9. The van der Waals surface area contributed by atoms with Crippen LogP contribution in [0.15, 0.2) is 85.5 Å². The third kappa shape index (κ3) is 16.1. The normalized spacial score (nSPS) is 17.5. The van der Waals surface area contributed by atoms with Crippen molar-refractivity contribution in [2.45, 2.75) is 103 Å². The van der Waals surface area contributed by atoms with E-state index in [1.54, 1.807) is 12.1 Å². The molecule has 6 aromatic rings. The molecule has 8 heterocycles. The number of carbonyl (C=O) groups is 2. The van der Waals surface area contributed by atoms with E-state index in [1.165, 1.54) is 90.6 Å². The lowest BCUT2D eigenvalue weighted by molar-refractivity contribution is 0.0696. The van der Waals surface area contributed by atoms with Crippen molar-refractivity contribution in [3.8, 4) is 22.5 Å². The molecular formula is C61H83N11O3. The average Bonchev–Trinajstić information content (AvgIpc) is 3.44. The zero-order valence-electron chi connectivity index (χ0n) is 45.3. The number of ketones is 1. The maximum Gasteiger partial charge on any atom is 0.335 e. The fourth-order valence-electron chi connectivity index (χ4n) is 10.8. The van der Waals surface area contributed by atoms with Crippen molar-refractivity contribution in [1.29, 1.82) is 0 Å². The van der Waals surface area contributed by atoms with E-state index in [0.717, 1.165) is 137 Å². The molecule has 4 saturated heterocycles. The highest BCUT2D eigenvalue weighted by Gasteiger charge is 2.21. The number of carboxylic acids is 1. The molecule has 0 saturated carbocycles. The van der Waals surface area contributed by atoms with E-state index in [-0.39, 0.29) is 11.3 Å². The highest BCUT2D eigenvalue weighted by molar-refractivity contribution is 5.98. The van der Waals surface area contributed by atoms with Crippen LogP contribution < -0.4 is 16.4 Å². The van der Waals surface area contributed by atoms with Crippen LogP contribution in [0, 0.1) is 19.8 Å². The smallest absolute Gasteiger partial charge is 0.335 e. The number of benzene rings is 2. The number of pyridine rings is 4. The number of piperidine rings is 4. The quantitative estimate of drug-likeness (QED) is 0.0534. The van der Waals surface area contributed by atoms with E-state index < -0.39 is 5.97 Å². The van der Waals surface area contributed by atoms with Gasteiger partial charge in [0.05, 0.1) is 28.0 Å². The second-order valence-corrected chi connectivity index (χ2v) is 21.7. The van der Waals surface area contributed by atoms with Gasteiger partial charge in [0.25, 0.3) is 0 Å². The fourth-order valence-corrected chi connectivity index (χ4v) is 10.8. The lowest BCUT2D eigenvalue weighted by Crippen LogP contribution is -2.37. The molecule has 5 N–H and O–H groups in total. The first-order chi connectivity index (χ1) is 36.5. The molecule has 0 spiro atoms. The number of carbonyl (C=O) groups excluding carboxylic acids is 1. The predicted molar refractivity (Wildman–Crippen MR) is 307 cm³/mol. The molecule has 10 rings (SSSR count). The molecule has 4 aliphatic rings.